The number of aromatic hydroxyl groups is 1. The van der Waals surface area contributed by atoms with Crippen molar-refractivity contribution in [1.29, 1.82) is 0 Å². The Morgan fingerprint density at radius 1 is 1.41 bits per heavy atom. The van der Waals surface area contributed by atoms with Gasteiger partial charge in [0.05, 0.1) is 5.56 Å². The molecule has 0 bridgehead atoms. The van der Waals surface area contributed by atoms with E-state index in [1.165, 1.54) is 0 Å². The highest BCUT2D eigenvalue weighted by Gasteiger charge is 2.32. The van der Waals surface area contributed by atoms with E-state index in [-0.39, 0.29) is 23.6 Å². The Bertz CT molecular complexity index is 418. The molecule has 1 aromatic rings. The Kier molecular flexibility index (Phi) is 4.22. The third kappa shape index (κ3) is 4.14. The van der Waals surface area contributed by atoms with Crippen LogP contribution in [-0.2, 0) is 0 Å². The molecule has 0 unspecified atom stereocenters. The molecule has 0 spiro atoms. The van der Waals surface area contributed by atoms with Crippen LogP contribution in [0.3, 0.4) is 0 Å². The average molecular weight is 269 g/mol. The molecule has 0 aliphatic rings. The molecule has 94 valence electrons. The smallest absolute Gasteiger partial charge is 0.508 e. The van der Waals surface area contributed by atoms with Gasteiger partial charge in [0, 0.05) is 12.3 Å². The predicted molar refractivity (Wildman–Crippen MR) is 54.5 cm³/mol. The molecule has 7 heteroatoms. The van der Waals surface area contributed by atoms with Crippen molar-refractivity contribution in [2.75, 3.05) is 5.88 Å². The van der Waals surface area contributed by atoms with Crippen LogP contribution in [-0.4, -0.2) is 23.1 Å². The Hall–Kier alpha value is -1.43. The molecule has 0 aliphatic heterocycles. The molecule has 0 aromatic heterocycles. The van der Waals surface area contributed by atoms with Crippen molar-refractivity contribution < 1.29 is 27.8 Å². The second-order valence-electron chi connectivity index (χ2n) is 3.09. The summed E-state index contributed by atoms with van der Waals surface area (Å²) in [7, 11) is 0. The van der Waals surface area contributed by atoms with Crippen LogP contribution in [0.25, 0.3) is 0 Å². The van der Waals surface area contributed by atoms with E-state index in [2.05, 4.69) is 4.74 Å². The zero-order chi connectivity index (χ0) is 13.1. The van der Waals surface area contributed by atoms with Crippen molar-refractivity contribution in [3.8, 4) is 11.5 Å². The maximum atomic E-state index is 12.0. The lowest BCUT2D eigenvalue weighted by molar-refractivity contribution is -0.274. The van der Waals surface area contributed by atoms with Gasteiger partial charge in [-0.05, 0) is 18.2 Å². The number of halogens is 4. The molecule has 3 nitrogen and oxygen atoms in total. The van der Waals surface area contributed by atoms with E-state index in [4.69, 9.17) is 16.7 Å². The summed E-state index contributed by atoms with van der Waals surface area (Å²) >= 11 is 5.33. The average Bonchev–Trinajstić information content (AvgIpc) is 2.19. The monoisotopic (exact) mass is 268 g/mol. The van der Waals surface area contributed by atoms with Gasteiger partial charge in [-0.3, -0.25) is 4.79 Å². The van der Waals surface area contributed by atoms with Gasteiger partial charge in [-0.15, -0.1) is 24.8 Å². The fourth-order valence-corrected chi connectivity index (χ4v) is 1.34. The largest absolute Gasteiger partial charge is 0.573 e. The number of carbonyl (C=O) groups excluding carboxylic acids is 1. The summed E-state index contributed by atoms with van der Waals surface area (Å²) in [6.45, 7) is 0. The molecule has 0 fully saturated rings. The van der Waals surface area contributed by atoms with Gasteiger partial charge in [-0.25, -0.2) is 0 Å². The van der Waals surface area contributed by atoms with Crippen LogP contribution in [0.1, 0.15) is 16.8 Å². The number of carbonyl (C=O) groups is 1. The van der Waals surface area contributed by atoms with Crippen molar-refractivity contribution in [3.63, 3.8) is 0 Å². The second kappa shape index (κ2) is 5.27. The second-order valence-corrected chi connectivity index (χ2v) is 3.47. The standard InChI is InChI=1S/C10H8ClF3O3/c11-4-3-8(16)7-5-6(15)1-2-9(7)17-10(12,13)14/h1-2,5,15H,3-4H2. The molecule has 0 saturated heterocycles. The lowest BCUT2D eigenvalue weighted by Gasteiger charge is -2.12. The molecule has 0 radical (unpaired) electrons. The molecule has 17 heavy (non-hydrogen) atoms. The van der Waals surface area contributed by atoms with Crippen molar-refractivity contribution in [1.82, 2.24) is 0 Å². The van der Waals surface area contributed by atoms with Gasteiger partial charge in [0.1, 0.15) is 11.5 Å². The van der Waals surface area contributed by atoms with Crippen molar-refractivity contribution in [2.24, 2.45) is 0 Å². The molecule has 1 aromatic carbocycles. The summed E-state index contributed by atoms with van der Waals surface area (Å²) in [5, 5.41) is 9.13. The number of hydrogen-bond acceptors (Lipinski definition) is 3. The molecular formula is C10H8ClF3O3. The first-order valence-electron chi connectivity index (χ1n) is 4.51. The van der Waals surface area contributed by atoms with Crippen LogP contribution < -0.4 is 4.74 Å². The first-order valence-corrected chi connectivity index (χ1v) is 5.05. The normalized spacial score (nSPS) is 11.3. The number of ether oxygens (including phenoxy) is 1. The van der Waals surface area contributed by atoms with Gasteiger partial charge in [0.15, 0.2) is 5.78 Å². The fourth-order valence-electron chi connectivity index (χ4n) is 1.17. The molecular weight excluding hydrogens is 261 g/mol. The number of phenolic OH excluding ortho intramolecular Hbond substituents is 1. The van der Waals surface area contributed by atoms with E-state index in [0.717, 1.165) is 18.2 Å². The van der Waals surface area contributed by atoms with Gasteiger partial charge < -0.3 is 9.84 Å². The van der Waals surface area contributed by atoms with Crippen molar-refractivity contribution >= 4 is 17.4 Å². The van der Waals surface area contributed by atoms with Gasteiger partial charge in [0.25, 0.3) is 0 Å². The molecule has 1 N–H and O–H groups in total. The number of alkyl halides is 4. The number of phenols is 1. The zero-order valence-corrected chi connectivity index (χ0v) is 9.18. The Morgan fingerprint density at radius 3 is 2.59 bits per heavy atom. The third-order valence-electron chi connectivity index (χ3n) is 1.81. The molecule has 0 atom stereocenters. The van der Waals surface area contributed by atoms with E-state index in [1.54, 1.807) is 0 Å². The Balaban J connectivity index is 3.08. The maximum absolute atomic E-state index is 12.0. The van der Waals surface area contributed by atoms with Crippen LogP contribution in [0.4, 0.5) is 13.2 Å². The molecule has 0 saturated carbocycles. The highest BCUT2D eigenvalue weighted by molar-refractivity contribution is 6.19. The van der Waals surface area contributed by atoms with Gasteiger partial charge >= 0.3 is 6.36 Å². The Labute approximate surface area is 99.8 Å². The minimum absolute atomic E-state index is 0.0278. The van der Waals surface area contributed by atoms with Crippen molar-refractivity contribution in [2.45, 2.75) is 12.8 Å². The highest BCUT2D eigenvalue weighted by atomic mass is 35.5. The quantitative estimate of drug-likeness (QED) is 0.674. The van der Waals surface area contributed by atoms with Crippen LogP contribution in [0.5, 0.6) is 11.5 Å². The molecule has 0 aliphatic carbocycles. The van der Waals surface area contributed by atoms with Crippen LogP contribution >= 0.6 is 11.6 Å². The summed E-state index contributed by atoms with van der Waals surface area (Å²) in [6, 6.07) is 2.79. The minimum atomic E-state index is -4.90. The zero-order valence-electron chi connectivity index (χ0n) is 8.42. The third-order valence-corrected chi connectivity index (χ3v) is 2.00. The number of rotatable bonds is 4. The van der Waals surface area contributed by atoms with Gasteiger partial charge in [0.2, 0.25) is 0 Å². The van der Waals surface area contributed by atoms with Crippen molar-refractivity contribution in [3.05, 3.63) is 23.8 Å². The number of Topliss-reactive ketones (excluding diaryl/α,β-unsaturated/α-hetero) is 1. The van der Waals surface area contributed by atoms with Crippen LogP contribution in [0.15, 0.2) is 18.2 Å². The highest BCUT2D eigenvalue weighted by Crippen LogP contribution is 2.29. The summed E-state index contributed by atoms with van der Waals surface area (Å²) in [5.74, 6) is -1.63. The van der Waals surface area contributed by atoms with E-state index >= 15 is 0 Å². The summed E-state index contributed by atoms with van der Waals surface area (Å²) in [4.78, 5) is 11.5. The first kappa shape index (κ1) is 13.6. The van der Waals surface area contributed by atoms with E-state index in [9.17, 15) is 18.0 Å². The SMILES string of the molecule is O=C(CCCl)c1cc(O)ccc1OC(F)(F)F. The van der Waals surface area contributed by atoms with Crippen LogP contribution in [0, 0.1) is 0 Å². The topological polar surface area (TPSA) is 46.5 Å². The molecule has 0 heterocycles. The fraction of sp³-hybridized carbons (Fsp3) is 0.300. The van der Waals surface area contributed by atoms with Gasteiger partial charge in [-0.2, -0.15) is 0 Å². The van der Waals surface area contributed by atoms with Gasteiger partial charge in [-0.1, -0.05) is 0 Å². The predicted octanol–water partition coefficient (Wildman–Crippen LogP) is 3.10. The van der Waals surface area contributed by atoms with Crippen LogP contribution in [0.2, 0.25) is 0 Å². The lowest BCUT2D eigenvalue weighted by atomic mass is 10.1. The molecule has 0 amide bonds. The summed E-state index contributed by atoms with van der Waals surface area (Å²) in [6.07, 6.45) is -5.04. The van der Waals surface area contributed by atoms with E-state index in [1.807, 2.05) is 0 Å². The Morgan fingerprint density at radius 2 is 2.06 bits per heavy atom. The number of benzene rings is 1. The molecule has 1 rings (SSSR count). The summed E-state index contributed by atoms with van der Waals surface area (Å²) < 4.78 is 39.8. The summed E-state index contributed by atoms with van der Waals surface area (Å²) in [5.41, 5.74) is -0.344. The van der Waals surface area contributed by atoms with E-state index < -0.39 is 17.9 Å². The number of hydrogen-bond donors (Lipinski definition) is 1. The first-order chi connectivity index (χ1) is 7.83. The maximum Gasteiger partial charge on any atom is 0.573 e. The van der Waals surface area contributed by atoms with E-state index in [0.29, 0.717) is 0 Å². The number of ketones is 1. The minimum Gasteiger partial charge on any atom is -0.508 e. The lowest BCUT2D eigenvalue weighted by Crippen LogP contribution is -2.19.